The average Bonchev–Trinajstić information content (AvgIpc) is 2.47. The molecule has 0 radical (unpaired) electrons. The van der Waals surface area contributed by atoms with Crippen LogP contribution < -0.4 is 0 Å². The van der Waals surface area contributed by atoms with Gasteiger partial charge in [0.15, 0.2) is 0 Å². The standard InChI is InChI=1S/C14H16ClNO/c1-16-8-7-9-5-6-12(15)10-3-2-4-11(13(9)10)14(16)17/h5-6,11H,2-4,7-8H2,1H3. The number of nitrogens with zero attached hydrogens (tertiary/aromatic N) is 1. The summed E-state index contributed by atoms with van der Waals surface area (Å²) < 4.78 is 0. The highest BCUT2D eigenvalue weighted by Gasteiger charge is 2.33. The summed E-state index contributed by atoms with van der Waals surface area (Å²) in [5.41, 5.74) is 3.80. The fraction of sp³-hybridized carbons (Fsp3) is 0.500. The molecular weight excluding hydrogens is 234 g/mol. The normalized spacial score (nSPS) is 23.3. The minimum atomic E-state index is 0.0555. The Morgan fingerprint density at radius 2 is 2.18 bits per heavy atom. The van der Waals surface area contributed by atoms with Gasteiger partial charge >= 0.3 is 0 Å². The lowest BCUT2D eigenvalue weighted by atomic mass is 9.79. The lowest BCUT2D eigenvalue weighted by Crippen LogP contribution is -2.32. The van der Waals surface area contributed by atoms with Crippen LogP contribution >= 0.6 is 11.6 Å². The predicted molar refractivity (Wildman–Crippen MR) is 68.5 cm³/mol. The summed E-state index contributed by atoms with van der Waals surface area (Å²) >= 11 is 6.27. The quantitative estimate of drug-likeness (QED) is 0.692. The average molecular weight is 250 g/mol. The van der Waals surface area contributed by atoms with E-state index in [9.17, 15) is 4.79 Å². The number of amides is 1. The number of hydrogen-bond donors (Lipinski definition) is 0. The molecule has 1 amide bonds. The van der Waals surface area contributed by atoms with Crippen molar-refractivity contribution < 1.29 is 4.79 Å². The van der Waals surface area contributed by atoms with E-state index in [1.165, 1.54) is 16.7 Å². The molecule has 17 heavy (non-hydrogen) atoms. The van der Waals surface area contributed by atoms with Crippen LogP contribution in [-0.4, -0.2) is 24.4 Å². The van der Waals surface area contributed by atoms with Gasteiger partial charge in [0.05, 0.1) is 5.92 Å². The van der Waals surface area contributed by atoms with Crippen molar-refractivity contribution in [3.8, 4) is 0 Å². The Labute approximate surface area is 107 Å². The van der Waals surface area contributed by atoms with Crippen molar-refractivity contribution in [1.29, 1.82) is 0 Å². The van der Waals surface area contributed by atoms with Crippen molar-refractivity contribution in [3.05, 3.63) is 33.8 Å². The fourth-order valence-corrected chi connectivity index (χ4v) is 3.39. The van der Waals surface area contributed by atoms with E-state index in [4.69, 9.17) is 11.6 Å². The van der Waals surface area contributed by atoms with E-state index >= 15 is 0 Å². The van der Waals surface area contributed by atoms with E-state index in [0.29, 0.717) is 0 Å². The van der Waals surface area contributed by atoms with Crippen LogP contribution in [0.3, 0.4) is 0 Å². The summed E-state index contributed by atoms with van der Waals surface area (Å²) in [4.78, 5) is 14.2. The highest BCUT2D eigenvalue weighted by Crippen LogP contribution is 2.40. The number of carbonyl (C=O) groups excluding carboxylic acids is 1. The second-order valence-electron chi connectivity index (χ2n) is 5.05. The largest absolute Gasteiger partial charge is 0.345 e. The third kappa shape index (κ3) is 1.66. The number of carbonyl (C=O) groups is 1. The predicted octanol–water partition coefficient (Wildman–Crippen LogP) is 2.77. The molecule has 3 rings (SSSR count). The van der Waals surface area contributed by atoms with Crippen LogP contribution in [0.1, 0.15) is 35.4 Å². The summed E-state index contributed by atoms with van der Waals surface area (Å²) in [5.74, 6) is 0.326. The molecule has 90 valence electrons. The molecule has 0 aromatic heterocycles. The molecule has 0 saturated heterocycles. The van der Waals surface area contributed by atoms with Gasteiger partial charge in [0.1, 0.15) is 0 Å². The van der Waals surface area contributed by atoms with Gasteiger partial charge in [0, 0.05) is 18.6 Å². The summed E-state index contributed by atoms with van der Waals surface area (Å²) in [6.07, 6.45) is 4.03. The molecule has 2 aliphatic rings. The van der Waals surface area contributed by atoms with Gasteiger partial charge in [-0.1, -0.05) is 17.7 Å². The highest BCUT2D eigenvalue weighted by molar-refractivity contribution is 6.31. The first-order valence-corrected chi connectivity index (χ1v) is 6.61. The van der Waals surface area contributed by atoms with Crippen molar-refractivity contribution in [1.82, 2.24) is 4.90 Å². The van der Waals surface area contributed by atoms with Gasteiger partial charge in [0.2, 0.25) is 5.91 Å². The molecule has 0 N–H and O–H groups in total. The van der Waals surface area contributed by atoms with E-state index < -0.39 is 0 Å². The van der Waals surface area contributed by atoms with Crippen molar-refractivity contribution in [2.45, 2.75) is 31.6 Å². The molecule has 1 aliphatic heterocycles. The Hall–Kier alpha value is -1.02. The Morgan fingerprint density at radius 3 is 3.00 bits per heavy atom. The smallest absolute Gasteiger partial charge is 0.229 e. The Bertz CT molecular complexity index is 483. The Morgan fingerprint density at radius 1 is 1.35 bits per heavy atom. The monoisotopic (exact) mass is 249 g/mol. The van der Waals surface area contributed by atoms with Crippen LogP contribution in [0, 0.1) is 0 Å². The van der Waals surface area contributed by atoms with Gasteiger partial charge in [0.25, 0.3) is 0 Å². The third-order valence-electron chi connectivity index (χ3n) is 4.05. The molecule has 2 nitrogen and oxygen atoms in total. The number of benzene rings is 1. The molecule has 1 aliphatic carbocycles. The maximum absolute atomic E-state index is 12.3. The van der Waals surface area contributed by atoms with Gasteiger partial charge in [-0.25, -0.2) is 0 Å². The van der Waals surface area contributed by atoms with E-state index in [-0.39, 0.29) is 11.8 Å². The molecular formula is C14H16ClNO. The van der Waals surface area contributed by atoms with Gasteiger partial charge < -0.3 is 4.90 Å². The van der Waals surface area contributed by atoms with Gasteiger partial charge in [-0.05, 0) is 48.4 Å². The topological polar surface area (TPSA) is 20.3 Å². The van der Waals surface area contributed by atoms with Crippen LogP contribution in [0.15, 0.2) is 12.1 Å². The van der Waals surface area contributed by atoms with Crippen LogP contribution in [-0.2, 0) is 17.6 Å². The second-order valence-corrected chi connectivity index (χ2v) is 5.46. The first-order valence-electron chi connectivity index (χ1n) is 6.23. The Balaban J connectivity index is 2.20. The second kappa shape index (κ2) is 4.02. The van der Waals surface area contributed by atoms with Crippen LogP contribution in [0.5, 0.6) is 0 Å². The number of hydrogen-bond acceptors (Lipinski definition) is 1. The van der Waals surface area contributed by atoms with Crippen molar-refractivity contribution >= 4 is 17.5 Å². The van der Waals surface area contributed by atoms with Crippen LogP contribution in [0.2, 0.25) is 5.02 Å². The molecule has 1 aromatic rings. The van der Waals surface area contributed by atoms with Gasteiger partial charge in [-0.15, -0.1) is 0 Å². The fourth-order valence-electron chi connectivity index (χ4n) is 3.13. The molecule has 1 unspecified atom stereocenters. The van der Waals surface area contributed by atoms with Crippen LogP contribution in [0.4, 0.5) is 0 Å². The Kier molecular flexibility index (Phi) is 2.62. The van der Waals surface area contributed by atoms with Gasteiger partial charge in [-0.3, -0.25) is 4.79 Å². The SMILES string of the molecule is CN1CCc2ccc(Cl)c3c2C(CCC3)C1=O. The van der Waals surface area contributed by atoms with E-state index in [1.54, 1.807) is 0 Å². The third-order valence-corrected chi connectivity index (χ3v) is 4.40. The zero-order valence-corrected chi connectivity index (χ0v) is 10.8. The molecule has 3 heteroatoms. The highest BCUT2D eigenvalue weighted by atomic mass is 35.5. The molecule has 1 heterocycles. The number of likely N-dealkylation sites (N-methyl/N-ethyl adjacent to an activating group) is 1. The lowest BCUT2D eigenvalue weighted by Gasteiger charge is -2.27. The molecule has 0 bridgehead atoms. The van der Waals surface area contributed by atoms with E-state index in [0.717, 1.165) is 37.3 Å². The molecule has 0 spiro atoms. The first-order chi connectivity index (χ1) is 8.18. The maximum atomic E-state index is 12.3. The van der Waals surface area contributed by atoms with Crippen molar-refractivity contribution in [3.63, 3.8) is 0 Å². The van der Waals surface area contributed by atoms with Crippen LogP contribution in [0.25, 0.3) is 0 Å². The van der Waals surface area contributed by atoms with E-state index in [1.807, 2.05) is 18.0 Å². The summed E-state index contributed by atoms with van der Waals surface area (Å²) in [6.45, 7) is 0.823. The number of rotatable bonds is 0. The zero-order chi connectivity index (χ0) is 12.0. The molecule has 0 fully saturated rings. The maximum Gasteiger partial charge on any atom is 0.229 e. The van der Waals surface area contributed by atoms with Gasteiger partial charge in [-0.2, -0.15) is 0 Å². The first kappa shape index (κ1) is 11.1. The van der Waals surface area contributed by atoms with Crippen molar-refractivity contribution in [2.24, 2.45) is 0 Å². The minimum Gasteiger partial charge on any atom is -0.345 e. The number of halogens is 1. The van der Waals surface area contributed by atoms with E-state index in [2.05, 4.69) is 6.07 Å². The minimum absolute atomic E-state index is 0.0555. The summed E-state index contributed by atoms with van der Waals surface area (Å²) in [6, 6.07) is 4.10. The lowest BCUT2D eigenvalue weighted by molar-refractivity contribution is -0.131. The van der Waals surface area contributed by atoms with Crippen molar-refractivity contribution in [2.75, 3.05) is 13.6 Å². The summed E-state index contributed by atoms with van der Waals surface area (Å²) in [5, 5.41) is 0.839. The molecule has 0 saturated carbocycles. The molecule has 1 atom stereocenters. The molecule has 1 aromatic carbocycles. The summed E-state index contributed by atoms with van der Waals surface area (Å²) in [7, 11) is 1.91. The zero-order valence-electron chi connectivity index (χ0n) is 10.0.